The Balaban J connectivity index is 1.74. The topological polar surface area (TPSA) is 54.3 Å². The minimum Gasteiger partial charge on any atom is -0.296 e. The molecule has 3 heterocycles. The van der Waals surface area contributed by atoms with E-state index in [9.17, 15) is 0 Å². The third-order valence-electron chi connectivity index (χ3n) is 3.79. The van der Waals surface area contributed by atoms with Crippen LogP contribution in [0.15, 0.2) is 72.1 Å². The van der Waals surface area contributed by atoms with Crippen molar-refractivity contribution in [3.05, 3.63) is 89.8 Å². The van der Waals surface area contributed by atoms with Gasteiger partial charge in [-0.1, -0.05) is 18.2 Å². The van der Waals surface area contributed by atoms with E-state index in [0.717, 1.165) is 42.3 Å². The summed E-state index contributed by atoms with van der Waals surface area (Å²) in [6.07, 6.45) is 5.51. The molecule has 0 aliphatic heterocycles. The highest BCUT2D eigenvalue weighted by Crippen LogP contribution is 2.11. The molecular formula is C20H21N5. The molecule has 3 aromatic heterocycles. The van der Waals surface area contributed by atoms with Crippen LogP contribution in [-0.4, -0.2) is 26.6 Å². The lowest BCUT2D eigenvalue weighted by atomic mass is 10.2. The number of pyridine rings is 3. The highest BCUT2D eigenvalue weighted by atomic mass is 15.1. The molecule has 5 nitrogen and oxygen atoms in total. The molecular weight excluding hydrogens is 310 g/mol. The van der Waals surface area contributed by atoms with E-state index in [1.54, 1.807) is 0 Å². The lowest BCUT2D eigenvalue weighted by Gasteiger charge is -2.21. The van der Waals surface area contributed by atoms with Crippen molar-refractivity contribution in [3.63, 3.8) is 0 Å². The van der Waals surface area contributed by atoms with Crippen LogP contribution in [0.4, 0.5) is 0 Å². The molecule has 0 aliphatic carbocycles. The van der Waals surface area contributed by atoms with Crippen molar-refractivity contribution in [2.24, 2.45) is 4.99 Å². The van der Waals surface area contributed by atoms with E-state index in [0.29, 0.717) is 6.54 Å². The van der Waals surface area contributed by atoms with Crippen LogP contribution in [0.5, 0.6) is 0 Å². The average molecular weight is 331 g/mol. The monoisotopic (exact) mass is 331 g/mol. The van der Waals surface area contributed by atoms with Gasteiger partial charge in [0.2, 0.25) is 0 Å². The first kappa shape index (κ1) is 16.9. The Labute approximate surface area is 148 Å². The standard InChI is InChI=1S/C20H21N5/c1-21-12-17-8-9-20(24-13-17)16-25(14-18-6-2-4-10-22-18)15-19-7-3-5-11-23-19/h2-11,13H,1,12,14-16H2. The van der Waals surface area contributed by atoms with E-state index in [-0.39, 0.29) is 0 Å². The van der Waals surface area contributed by atoms with E-state index in [2.05, 4.69) is 37.6 Å². The van der Waals surface area contributed by atoms with Gasteiger partial charge in [-0.3, -0.25) is 24.8 Å². The Morgan fingerprint density at radius 3 is 1.80 bits per heavy atom. The molecule has 0 amide bonds. The van der Waals surface area contributed by atoms with E-state index in [1.165, 1.54) is 0 Å². The van der Waals surface area contributed by atoms with Crippen LogP contribution < -0.4 is 0 Å². The second-order valence-corrected chi connectivity index (χ2v) is 5.83. The minimum absolute atomic E-state index is 0.596. The summed E-state index contributed by atoms with van der Waals surface area (Å²) >= 11 is 0. The minimum atomic E-state index is 0.596. The average Bonchev–Trinajstić information content (AvgIpc) is 2.65. The predicted octanol–water partition coefficient (Wildman–Crippen LogP) is 3.27. The molecule has 25 heavy (non-hydrogen) atoms. The fourth-order valence-corrected chi connectivity index (χ4v) is 2.61. The van der Waals surface area contributed by atoms with Gasteiger partial charge in [-0.25, -0.2) is 0 Å². The normalized spacial score (nSPS) is 10.8. The molecule has 0 fully saturated rings. The summed E-state index contributed by atoms with van der Waals surface area (Å²) in [4.78, 5) is 19.6. The van der Waals surface area contributed by atoms with Crippen molar-refractivity contribution in [2.45, 2.75) is 26.2 Å². The van der Waals surface area contributed by atoms with Crippen LogP contribution in [0.25, 0.3) is 0 Å². The second kappa shape index (κ2) is 8.80. The van der Waals surface area contributed by atoms with Gasteiger partial charge in [0.15, 0.2) is 0 Å². The number of hydrogen-bond acceptors (Lipinski definition) is 5. The first-order valence-corrected chi connectivity index (χ1v) is 8.22. The summed E-state index contributed by atoms with van der Waals surface area (Å²) in [6, 6.07) is 16.1. The predicted molar refractivity (Wildman–Crippen MR) is 98.9 cm³/mol. The second-order valence-electron chi connectivity index (χ2n) is 5.83. The van der Waals surface area contributed by atoms with E-state index in [4.69, 9.17) is 0 Å². The molecule has 0 unspecified atom stereocenters. The van der Waals surface area contributed by atoms with Gasteiger partial charge in [0.1, 0.15) is 0 Å². The van der Waals surface area contributed by atoms with Crippen molar-refractivity contribution in [1.82, 2.24) is 19.9 Å². The molecule has 3 aromatic rings. The van der Waals surface area contributed by atoms with Crippen LogP contribution in [0.3, 0.4) is 0 Å². The van der Waals surface area contributed by atoms with Crippen LogP contribution in [0.2, 0.25) is 0 Å². The fraction of sp³-hybridized carbons (Fsp3) is 0.200. The summed E-state index contributed by atoms with van der Waals surface area (Å²) in [5.74, 6) is 0. The lowest BCUT2D eigenvalue weighted by Crippen LogP contribution is -2.24. The Kier molecular flexibility index (Phi) is 5.96. The molecule has 126 valence electrons. The summed E-state index contributed by atoms with van der Waals surface area (Å²) in [6.45, 7) is 6.34. The summed E-state index contributed by atoms with van der Waals surface area (Å²) < 4.78 is 0. The molecule has 0 atom stereocenters. The zero-order valence-electron chi connectivity index (χ0n) is 14.1. The smallest absolute Gasteiger partial charge is 0.0647 e. The first-order chi connectivity index (χ1) is 12.3. The molecule has 0 saturated carbocycles. The van der Waals surface area contributed by atoms with Crippen molar-refractivity contribution >= 4 is 6.72 Å². The SMILES string of the molecule is C=NCc1ccc(CN(Cc2ccccn2)Cc2ccccn2)nc1. The Morgan fingerprint density at radius 1 is 0.760 bits per heavy atom. The zero-order chi connectivity index (χ0) is 17.3. The quantitative estimate of drug-likeness (QED) is 0.595. The van der Waals surface area contributed by atoms with Gasteiger partial charge in [-0.05, 0) is 42.6 Å². The van der Waals surface area contributed by atoms with Crippen molar-refractivity contribution in [2.75, 3.05) is 0 Å². The van der Waals surface area contributed by atoms with Gasteiger partial charge in [0.05, 0.1) is 23.6 Å². The van der Waals surface area contributed by atoms with Crippen molar-refractivity contribution in [3.8, 4) is 0 Å². The van der Waals surface area contributed by atoms with E-state index < -0.39 is 0 Å². The summed E-state index contributed by atoms with van der Waals surface area (Å²) in [5, 5.41) is 0. The Bertz CT molecular complexity index is 731. The van der Waals surface area contributed by atoms with Gasteiger partial charge < -0.3 is 0 Å². The van der Waals surface area contributed by atoms with Crippen molar-refractivity contribution in [1.29, 1.82) is 0 Å². The Morgan fingerprint density at radius 2 is 1.36 bits per heavy atom. The largest absolute Gasteiger partial charge is 0.296 e. The molecule has 0 saturated heterocycles. The molecule has 0 spiro atoms. The summed E-state index contributed by atoms with van der Waals surface area (Å²) in [5.41, 5.74) is 4.15. The molecule has 0 aromatic carbocycles. The van der Waals surface area contributed by atoms with E-state index >= 15 is 0 Å². The molecule has 0 bridgehead atoms. The van der Waals surface area contributed by atoms with Gasteiger partial charge in [-0.15, -0.1) is 0 Å². The highest BCUT2D eigenvalue weighted by Gasteiger charge is 2.10. The lowest BCUT2D eigenvalue weighted by molar-refractivity contribution is 0.239. The van der Waals surface area contributed by atoms with Crippen LogP contribution >= 0.6 is 0 Å². The zero-order valence-corrected chi connectivity index (χ0v) is 14.1. The number of aromatic nitrogens is 3. The third-order valence-corrected chi connectivity index (χ3v) is 3.79. The molecule has 0 aliphatic rings. The maximum Gasteiger partial charge on any atom is 0.0647 e. The summed E-state index contributed by atoms with van der Waals surface area (Å²) in [7, 11) is 0. The molecule has 3 rings (SSSR count). The maximum atomic E-state index is 4.55. The molecule has 5 heteroatoms. The fourth-order valence-electron chi connectivity index (χ4n) is 2.61. The number of hydrogen-bond donors (Lipinski definition) is 0. The maximum absolute atomic E-state index is 4.55. The Hall–Kier alpha value is -2.92. The molecule has 0 radical (unpaired) electrons. The van der Waals surface area contributed by atoms with Crippen LogP contribution in [-0.2, 0) is 26.2 Å². The van der Waals surface area contributed by atoms with Gasteiger partial charge in [-0.2, -0.15) is 0 Å². The number of aliphatic imine (C=N–C) groups is 1. The van der Waals surface area contributed by atoms with Gasteiger partial charge >= 0.3 is 0 Å². The van der Waals surface area contributed by atoms with Gasteiger partial charge in [0, 0.05) is 38.2 Å². The van der Waals surface area contributed by atoms with E-state index in [1.807, 2.05) is 61.1 Å². The third kappa shape index (κ3) is 5.29. The van der Waals surface area contributed by atoms with Crippen molar-refractivity contribution < 1.29 is 0 Å². The van der Waals surface area contributed by atoms with Gasteiger partial charge in [0.25, 0.3) is 0 Å². The number of rotatable bonds is 8. The van der Waals surface area contributed by atoms with Crippen LogP contribution in [0.1, 0.15) is 22.6 Å². The number of nitrogens with zero attached hydrogens (tertiary/aromatic N) is 5. The highest BCUT2D eigenvalue weighted by molar-refractivity contribution is 5.25. The van der Waals surface area contributed by atoms with Crippen LogP contribution in [0, 0.1) is 0 Å². The molecule has 0 N–H and O–H groups in total. The first-order valence-electron chi connectivity index (χ1n) is 8.22.